The van der Waals surface area contributed by atoms with Crippen LogP contribution in [0.25, 0.3) is 0 Å². The zero-order valence-electron chi connectivity index (χ0n) is 2.00. The summed E-state index contributed by atoms with van der Waals surface area (Å²) >= 11 is 2.62. The van der Waals surface area contributed by atoms with Crippen molar-refractivity contribution in [1.29, 1.82) is 0 Å². The molecule has 5 heteroatoms. The van der Waals surface area contributed by atoms with Gasteiger partial charge in [0.05, 0.1) is 0 Å². The van der Waals surface area contributed by atoms with E-state index in [1.807, 2.05) is 0 Å². The molecule has 0 aliphatic rings. The van der Waals surface area contributed by atoms with Gasteiger partial charge in [-0.15, -0.1) is 0 Å². The van der Waals surface area contributed by atoms with Crippen molar-refractivity contribution < 1.29 is 126 Å². The predicted molar refractivity (Wildman–Crippen MR) is 0.686 cm³/mol. The SMILES string of the molecule is [Eu].[Ni].[O]=[Ni].[Pr]. The average Bonchev–Trinajstić information content (AvgIpc) is 1.00. The predicted octanol–water partition coefficient (Wildman–Crippen LogP) is -0.124. The molecule has 2 radical (unpaired) electrons. The van der Waals surface area contributed by atoms with E-state index in [1.54, 1.807) is 0 Å². The van der Waals surface area contributed by atoms with Crippen molar-refractivity contribution in [2.24, 2.45) is 0 Å². The van der Waals surface area contributed by atoms with E-state index in [0.29, 0.717) is 0 Å². The van der Waals surface area contributed by atoms with E-state index in [4.69, 9.17) is 3.90 Å². The van der Waals surface area contributed by atoms with Crippen LogP contribution in [0.4, 0.5) is 0 Å². The third kappa shape index (κ3) is 18.2. The molecule has 0 aromatic rings. The molecule has 0 aromatic carbocycles. The van der Waals surface area contributed by atoms with E-state index >= 15 is 0 Å². The zero-order chi connectivity index (χ0) is 2.00. The molecule has 0 heterocycles. The Balaban J connectivity index is -0.00000000167. The Bertz CT molecular complexity index is 9.61. The summed E-state index contributed by atoms with van der Waals surface area (Å²) in [6.07, 6.45) is 0. The van der Waals surface area contributed by atoms with Gasteiger partial charge in [-0.05, 0) is 0 Å². The molecule has 36 valence electrons. The van der Waals surface area contributed by atoms with Gasteiger partial charge in [0.25, 0.3) is 0 Å². The Morgan fingerprint density at radius 2 is 1.20 bits per heavy atom. The fraction of sp³-hybridized carbons (Fsp3) is 0. The number of hydrogen-bond acceptors (Lipinski definition) is 1. The summed E-state index contributed by atoms with van der Waals surface area (Å²) < 4.78 is 7.88. The van der Waals surface area contributed by atoms with Crippen LogP contribution in [0.3, 0.4) is 0 Å². The topological polar surface area (TPSA) is 17.1 Å². The Hall–Kier alpha value is 3.74. The standard InChI is InChI=1S/Eu.2Ni.O.Pr. The molecule has 0 amide bonds. The first kappa shape index (κ1) is 23.3. The van der Waals surface area contributed by atoms with E-state index in [0.717, 1.165) is 0 Å². The summed E-state index contributed by atoms with van der Waals surface area (Å²) in [5.41, 5.74) is 0. The van der Waals surface area contributed by atoms with Gasteiger partial charge in [-0.2, -0.15) is 0 Å². The molecule has 0 aliphatic carbocycles. The maximum absolute atomic E-state index is 7.88. The molecule has 1 nitrogen and oxygen atoms in total. The van der Waals surface area contributed by atoms with E-state index < -0.39 is 0 Å². The van der Waals surface area contributed by atoms with Crippen LogP contribution in [0, 0.1) is 90.7 Å². The van der Waals surface area contributed by atoms with Crippen LogP contribution in [0.5, 0.6) is 0 Å². The van der Waals surface area contributed by atoms with Crippen LogP contribution in [0.15, 0.2) is 0 Å². The fourth-order valence-corrected chi connectivity index (χ4v) is 0. The molecule has 0 spiro atoms. The van der Waals surface area contributed by atoms with Crippen LogP contribution in [-0.2, 0) is 35.8 Å². The van der Waals surface area contributed by atoms with Gasteiger partial charge in [0, 0.05) is 107 Å². The minimum Gasteiger partial charge on any atom is 0 e. The second-order valence-electron chi connectivity index (χ2n) is 0. The second-order valence-corrected chi connectivity index (χ2v) is 0. The largest absolute Gasteiger partial charge is 0 e. The summed E-state index contributed by atoms with van der Waals surface area (Å²) in [6.45, 7) is 0. The van der Waals surface area contributed by atoms with Crippen LogP contribution < -0.4 is 0 Å². The van der Waals surface area contributed by atoms with Crippen LogP contribution in [-0.4, -0.2) is 0 Å². The fourth-order valence-electron chi connectivity index (χ4n) is 0. The summed E-state index contributed by atoms with van der Waals surface area (Å²) in [6, 6.07) is 0. The van der Waals surface area contributed by atoms with E-state index in [9.17, 15) is 0 Å². The molecule has 0 bridgehead atoms. The summed E-state index contributed by atoms with van der Waals surface area (Å²) in [5, 5.41) is 0. The zero-order valence-corrected chi connectivity index (χ0v) is 10.1. The summed E-state index contributed by atoms with van der Waals surface area (Å²) in [5.74, 6) is 0. The molecule has 0 atom stereocenters. The van der Waals surface area contributed by atoms with Gasteiger partial charge < -0.3 is 0 Å². The van der Waals surface area contributed by atoms with Crippen molar-refractivity contribution in [1.82, 2.24) is 0 Å². The minimum atomic E-state index is 0. The maximum Gasteiger partial charge on any atom is 0 e. The smallest absolute Gasteiger partial charge is 0 e. The molecule has 0 saturated heterocycles. The van der Waals surface area contributed by atoms with Gasteiger partial charge >= 0.3 is 19.3 Å². The Morgan fingerprint density at radius 3 is 1.20 bits per heavy atom. The van der Waals surface area contributed by atoms with Crippen molar-refractivity contribution in [2.45, 2.75) is 0 Å². The molecular formula is EuNi2OPr. The summed E-state index contributed by atoms with van der Waals surface area (Å²) in [4.78, 5) is 0. The first-order chi connectivity index (χ1) is 1.00. The minimum absolute atomic E-state index is 0. The molecule has 0 rings (SSSR count). The van der Waals surface area contributed by atoms with Crippen LogP contribution in [0.1, 0.15) is 0 Å². The Labute approximate surface area is 123 Å². The monoisotopic (exact) mass is 426 g/mol. The molecule has 0 aromatic heterocycles. The van der Waals surface area contributed by atoms with Crippen LogP contribution in [0.2, 0.25) is 0 Å². The van der Waals surface area contributed by atoms with Crippen molar-refractivity contribution >= 4 is 0 Å². The third-order valence-corrected chi connectivity index (χ3v) is 0. The molecule has 5 heavy (non-hydrogen) atoms. The van der Waals surface area contributed by atoms with Gasteiger partial charge in [-0.3, -0.25) is 0 Å². The molecule has 0 fully saturated rings. The van der Waals surface area contributed by atoms with Gasteiger partial charge in [0.2, 0.25) is 0 Å². The van der Waals surface area contributed by atoms with E-state index in [1.165, 1.54) is 0 Å². The number of rotatable bonds is 0. The molecular weight excluding hydrogens is 426 g/mol. The third-order valence-electron chi connectivity index (χ3n) is 0. The van der Waals surface area contributed by atoms with E-state index in [2.05, 4.69) is 15.4 Å². The Morgan fingerprint density at radius 1 is 1.20 bits per heavy atom. The Kier molecular flexibility index (Phi) is 117. The molecule has 0 saturated carbocycles. The van der Waals surface area contributed by atoms with Gasteiger partial charge in [0.1, 0.15) is 0 Å². The first-order valence-electron chi connectivity index (χ1n) is 0.129. The second kappa shape index (κ2) is 25.2. The molecule has 0 unspecified atom stereocenters. The molecule has 0 aliphatic heterocycles. The van der Waals surface area contributed by atoms with Gasteiger partial charge in [0.15, 0.2) is 0 Å². The number of hydrogen-bond donors (Lipinski definition) is 0. The first-order valence-corrected chi connectivity index (χ1v) is 0.532. The summed E-state index contributed by atoms with van der Waals surface area (Å²) in [7, 11) is 0. The van der Waals surface area contributed by atoms with Crippen molar-refractivity contribution in [2.75, 3.05) is 0 Å². The van der Waals surface area contributed by atoms with E-state index in [-0.39, 0.29) is 107 Å². The van der Waals surface area contributed by atoms with Gasteiger partial charge in [-0.25, -0.2) is 0 Å². The average molecular weight is 426 g/mol. The normalized spacial score (nSPS) is 1.20. The van der Waals surface area contributed by atoms with Crippen LogP contribution >= 0.6 is 0 Å². The van der Waals surface area contributed by atoms with Gasteiger partial charge in [-0.1, -0.05) is 0 Å². The molecule has 0 N–H and O–H groups in total. The van der Waals surface area contributed by atoms with Crippen molar-refractivity contribution in [3.8, 4) is 0 Å². The van der Waals surface area contributed by atoms with Crippen molar-refractivity contribution in [3.05, 3.63) is 0 Å². The maximum atomic E-state index is 7.88. The quantitative estimate of drug-likeness (QED) is 0.494. The van der Waals surface area contributed by atoms with Crippen molar-refractivity contribution in [3.63, 3.8) is 0 Å².